The predicted molar refractivity (Wildman–Crippen MR) is 185 cm³/mol. The van der Waals surface area contributed by atoms with Crippen LogP contribution < -0.4 is 31.7 Å². The fourth-order valence-electron chi connectivity index (χ4n) is 5.28. The first-order chi connectivity index (χ1) is 23.4. The molecule has 1 aliphatic heterocycles. The molecule has 0 unspecified atom stereocenters. The van der Waals surface area contributed by atoms with Gasteiger partial charge < -0.3 is 41.4 Å². The van der Waals surface area contributed by atoms with Crippen molar-refractivity contribution >= 4 is 52.0 Å². The maximum absolute atomic E-state index is 14.7. The maximum atomic E-state index is 14.7. The molecule has 0 saturated carbocycles. The number of methoxy groups -OCH3 is 1. The number of nitrogens with one attached hydrogen (secondary N) is 4. The van der Waals surface area contributed by atoms with Crippen molar-refractivity contribution in [1.82, 2.24) is 14.9 Å². The van der Waals surface area contributed by atoms with Crippen molar-refractivity contribution in [3.05, 3.63) is 84.8 Å². The number of carbonyl (C=O) groups excluding carboxylic acids is 2. The lowest BCUT2D eigenvalue weighted by Gasteiger charge is -2.31. The number of amides is 2. The van der Waals surface area contributed by atoms with Crippen LogP contribution in [0.4, 0.5) is 44.6 Å². The largest absolute Gasteiger partial charge is 0.491 e. The van der Waals surface area contributed by atoms with E-state index in [2.05, 4.69) is 36.1 Å². The summed E-state index contributed by atoms with van der Waals surface area (Å²) in [6.45, 7) is 3.28. The Hall–Kier alpha value is -5.27. The number of hydrogen-bond donors (Lipinski definition) is 5. The molecule has 0 radical (unpaired) electrons. The minimum absolute atomic E-state index is 0.00968. The van der Waals surface area contributed by atoms with E-state index in [4.69, 9.17) is 15.2 Å². The van der Waals surface area contributed by atoms with E-state index in [9.17, 15) is 14.0 Å². The molecule has 252 valence electrons. The number of rotatable bonds is 15. The van der Waals surface area contributed by atoms with Crippen LogP contribution in [-0.2, 0) is 14.3 Å². The Kier molecular flexibility index (Phi) is 12.1. The molecular weight excluding hydrogens is 615 g/mol. The molecule has 48 heavy (non-hydrogen) atoms. The van der Waals surface area contributed by atoms with Crippen LogP contribution in [0.3, 0.4) is 0 Å². The molecule has 3 aromatic carbocycles. The van der Waals surface area contributed by atoms with E-state index in [1.54, 1.807) is 55.6 Å². The Morgan fingerprint density at radius 1 is 0.938 bits per heavy atom. The first-order valence-electron chi connectivity index (χ1n) is 15.9. The van der Waals surface area contributed by atoms with Crippen LogP contribution in [-0.4, -0.2) is 66.6 Å². The first kappa shape index (κ1) is 34.1. The molecule has 1 fully saturated rings. The molecule has 5 rings (SSSR count). The number of nitrogens with zero attached hydrogens (tertiary/aromatic N) is 3. The Balaban J connectivity index is 1.07. The average Bonchev–Trinajstić information content (AvgIpc) is 3.09. The van der Waals surface area contributed by atoms with Crippen molar-refractivity contribution in [2.24, 2.45) is 5.92 Å². The number of likely N-dealkylation sites (tertiary alicyclic amines) is 1. The van der Waals surface area contributed by atoms with E-state index in [1.807, 2.05) is 24.3 Å². The monoisotopic (exact) mass is 656 g/mol. The van der Waals surface area contributed by atoms with Gasteiger partial charge in [-0.3, -0.25) is 9.59 Å². The second-order valence-electron chi connectivity index (χ2n) is 11.4. The number of halogens is 1. The number of para-hydroxylation sites is 2. The van der Waals surface area contributed by atoms with E-state index in [1.165, 1.54) is 0 Å². The second kappa shape index (κ2) is 17.0. The van der Waals surface area contributed by atoms with Crippen molar-refractivity contribution in [3.63, 3.8) is 0 Å². The van der Waals surface area contributed by atoms with Gasteiger partial charge in [-0.05, 0) is 93.5 Å². The van der Waals surface area contributed by atoms with Crippen LogP contribution >= 0.6 is 0 Å². The molecule has 12 nitrogen and oxygen atoms in total. The zero-order valence-electron chi connectivity index (χ0n) is 26.9. The molecule has 1 saturated heterocycles. The highest BCUT2D eigenvalue weighted by Crippen LogP contribution is 2.25. The summed E-state index contributed by atoms with van der Waals surface area (Å²) >= 11 is 0. The van der Waals surface area contributed by atoms with Gasteiger partial charge in [0, 0.05) is 36.5 Å². The Labute approximate surface area is 279 Å². The van der Waals surface area contributed by atoms with E-state index in [-0.39, 0.29) is 29.5 Å². The fourth-order valence-corrected chi connectivity index (χ4v) is 5.28. The molecule has 6 N–H and O–H groups in total. The van der Waals surface area contributed by atoms with Crippen molar-refractivity contribution in [3.8, 4) is 5.75 Å². The van der Waals surface area contributed by atoms with Gasteiger partial charge >= 0.3 is 0 Å². The molecule has 0 bridgehead atoms. The fraction of sp³-hybridized carbons (Fsp3) is 0.314. The lowest BCUT2D eigenvalue weighted by molar-refractivity contribution is -0.121. The maximum Gasteiger partial charge on any atom is 0.229 e. The van der Waals surface area contributed by atoms with Gasteiger partial charge in [0.2, 0.25) is 17.8 Å². The van der Waals surface area contributed by atoms with Crippen LogP contribution in [0.2, 0.25) is 0 Å². The quantitative estimate of drug-likeness (QED) is 0.0786. The van der Waals surface area contributed by atoms with Gasteiger partial charge in [-0.1, -0.05) is 18.2 Å². The molecule has 1 aliphatic rings. The van der Waals surface area contributed by atoms with E-state index in [0.717, 1.165) is 45.1 Å². The van der Waals surface area contributed by atoms with Crippen LogP contribution in [0, 0.1) is 11.7 Å². The third-order valence-corrected chi connectivity index (χ3v) is 7.88. The number of ether oxygens (including phenoxy) is 2. The van der Waals surface area contributed by atoms with E-state index in [0.29, 0.717) is 53.8 Å². The Bertz CT molecular complexity index is 1660. The van der Waals surface area contributed by atoms with Crippen molar-refractivity contribution in [2.75, 3.05) is 67.0 Å². The minimum atomic E-state index is -0.620. The molecule has 0 spiro atoms. The highest BCUT2D eigenvalue weighted by atomic mass is 19.1. The van der Waals surface area contributed by atoms with Gasteiger partial charge in [-0.15, -0.1) is 0 Å². The van der Waals surface area contributed by atoms with Gasteiger partial charge in [0.15, 0.2) is 11.6 Å². The van der Waals surface area contributed by atoms with Crippen LogP contribution in [0.5, 0.6) is 5.75 Å². The standard InChI is InChI=1S/C35H41FN8O4/c1-47-20-21-48-28-13-11-25(12-14-28)41-35-38-23-29(36)33(43-35)39-26-6-4-7-27(22-26)40-34(46)24-15-18-44(19-16-24)17-5-10-32(45)42-31-9-3-2-8-30(31)37/h2-4,6-9,11-14,22-24H,5,10,15-21,37H2,1H3,(H,40,46)(H,42,45)(H2,38,39,41,43). The summed E-state index contributed by atoms with van der Waals surface area (Å²) in [6, 6.07) is 21.5. The number of piperidine rings is 1. The normalized spacial score (nSPS) is 13.5. The molecule has 2 amide bonds. The number of nitrogens with two attached hydrogens (primary N) is 1. The summed E-state index contributed by atoms with van der Waals surface area (Å²) in [6.07, 6.45) is 3.66. The summed E-state index contributed by atoms with van der Waals surface area (Å²) in [5.74, 6) is 0.0344. The van der Waals surface area contributed by atoms with Crippen molar-refractivity contribution < 1.29 is 23.5 Å². The molecule has 13 heteroatoms. The van der Waals surface area contributed by atoms with Gasteiger partial charge in [0.05, 0.1) is 24.2 Å². The van der Waals surface area contributed by atoms with E-state index < -0.39 is 5.82 Å². The molecule has 0 atom stereocenters. The smallest absolute Gasteiger partial charge is 0.229 e. The predicted octanol–water partition coefficient (Wildman–Crippen LogP) is 5.78. The third-order valence-electron chi connectivity index (χ3n) is 7.88. The number of carbonyl (C=O) groups is 2. The summed E-state index contributed by atoms with van der Waals surface area (Å²) in [4.78, 5) is 36.0. The highest BCUT2D eigenvalue weighted by Gasteiger charge is 2.25. The second-order valence-corrected chi connectivity index (χ2v) is 11.4. The summed E-state index contributed by atoms with van der Waals surface area (Å²) in [7, 11) is 1.61. The highest BCUT2D eigenvalue weighted by molar-refractivity contribution is 5.94. The van der Waals surface area contributed by atoms with Gasteiger partial charge in [-0.25, -0.2) is 9.37 Å². The topological polar surface area (TPSA) is 156 Å². The zero-order valence-corrected chi connectivity index (χ0v) is 26.9. The number of nitrogen functional groups attached to an aromatic ring is 1. The van der Waals surface area contributed by atoms with Gasteiger partial charge in [0.25, 0.3) is 0 Å². The van der Waals surface area contributed by atoms with Crippen molar-refractivity contribution in [2.45, 2.75) is 25.7 Å². The lowest BCUT2D eigenvalue weighted by atomic mass is 9.95. The number of anilines is 7. The van der Waals surface area contributed by atoms with Crippen molar-refractivity contribution in [1.29, 1.82) is 0 Å². The summed E-state index contributed by atoms with van der Waals surface area (Å²) < 4.78 is 25.2. The van der Waals surface area contributed by atoms with Gasteiger partial charge in [-0.2, -0.15) is 4.98 Å². The van der Waals surface area contributed by atoms with Gasteiger partial charge in [0.1, 0.15) is 12.4 Å². The Morgan fingerprint density at radius 3 is 2.48 bits per heavy atom. The number of benzene rings is 3. The minimum Gasteiger partial charge on any atom is -0.491 e. The van der Waals surface area contributed by atoms with Crippen LogP contribution in [0.1, 0.15) is 25.7 Å². The summed E-state index contributed by atoms with van der Waals surface area (Å²) in [5, 5.41) is 11.9. The zero-order chi connectivity index (χ0) is 33.7. The molecule has 0 aliphatic carbocycles. The number of hydrogen-bond acceptors (Lipinski definition) is 10. The molecule has 4 aromatic rings. The third kappa shape index (κ3) is 10.1. The molecular formula is C35H41FN8O4. The van der Waals surface area contributed by atoms with Crippen LogP contribution in [0.25, 0.3) is 0 Å². The number of aromatic nitrogens is 2. The Morgan fingerprint density at radius 2 is 1.71 bits per heavy atom. The lowest BCUT2D eigenvalue weighted by Crippen LogP contribution is -2.38. The summed E-state index contributed by atoms with van der Waals surface area (Å²) in [5.41, 5.74) is 8.93. The van der Waals surface area contributed by atoms with Crippen LogP contribution in [0.15, 0.2) is 79.0 Å². The van der Waals surface area contributed by atoms with E-state index >= 15 is 0 Å². The SMILES string of the molecule is COCCOc1ccc(Nc2ncc(F)c(Nc3cccc(NC(=O)C4CCN(CCCC(=O)Nc5ccccc5N)CC4)c3)n2)cc1. The molecule has 2 heterocycles. The molecule has 1 aromatic heterocycles. The average molecular weight is 657 g/mol. The first-order valence-corrected chi connectivity index (χ1v) is 15.9.